The van der Waals surface area contributed by atoms with E-state index >= 15 is 0 Å². The van der Waals surface area contributed by atoms with E-state index in [-0.39, 0.29) is 16.4 Å². The molecule has 3 aromatic carbocycles. The van der Waals surface area contributed by atoms with E-state index in [0.717, 1.165) is 4.47 Å². The molecule has 154 valence electrons. The van der Waals surface area contributed by atoms with Crippen LogP contribution in [0.2, 0.25) is 0 Å². The molecule has 3 aromatic rings. The van der Waals surface area contributed by atoms with E-state index in [9.17, 15) is 14.9 Å². The number of carbonyl (C=O) groups excluding carboxylic acids is 1. The molecule has 1 unspecified atom stereocenters. The van der Waals surface area contributed by atoms with Gasteiger partial charge >= 0.3 is 0 Å². The van der Waals surface area contributed by atoms with Gasteiger partial charge in [-0.25, -0.2) is 0 Å². The average Bonchev–Trinajstić information content (AvgIpc) is 2.79. The molecule has 6 heteroatoms. The Morgan fingerprint density at radius 2 is 1.52 bits per heavy atom. The fourth-order valence-electron chi connectivity index (χ4n) is 3.87. The molecule has 0 saturated heterocycles. The second-order valence-electron chi connectivity index (χ2n) is 7.23. The topological polar surface area (TPSA) is 72.2 Å². The summed E-state index contributed by atoms with van der Waals surface area (Å²) in [5.74, 6) is -1.04. The van der Waals surface area contributed by atoms with Gasteiger partial charge in [0.05, 0.1) is 4.92 Å². The Morgan fingerprint density at radius 1 is 0.935 bits per heavy atom. The van der Waals surface area contributed by atoms with Crippen molar-refractivity contribution < 1.29 is 9.72 Å². The van der Waals surface area contributed by atoms with Gasteiger partial charge in [-0.3, -0.25) is 14.9 Å². The second kappa shape index (κ2) is 8.70. The Balaban J connectivity index is 1.94. The first-order valence-electron chi connectivity index (χ1n) is 9.74. The van der Waals surface area contributed by atoms with E-state index in [4.69, 9.17) is 0 Å². The molecule has 1 N–H and O–H groups in total. The molecule has 0 aromatic heterocycles. The number of carbonyl (C=O) groups is 1. The molecule has 0 spiro atoms. The molecule has 31 heavy (non-hydrogen) atoms. The third-order valence-electron chi connectivity index (χ3n) is 5.28. The molecule has 1 aliphatic heterocycles. The SMILES string of the molecule is CC1=C(C(=O)c2ccc(Br)cc2)C(c2ccccc2)C([N+](=O)[O-])=C(c2ccccc2)N1. The van der Waals surface area contributed by atoms with Crippen molar-refractivity contribution >= 4 is 27.4 Å². The van der Waals surface area contributed by atoms with Gasteiger partial charge in [0.25, 0.3) is 5.70 Å². The first-order chi connectivity index (χ1) is 15.0. The maximum atomic E-state index is 13.6. The van der Waals surface area contributed by atoms with Crippen LogP contribution in [0, 0.1) is 10.1 Å². The molecule has 1 heterocycles. The van der Waals surface area contributed by atoms with Gasteiger partial charge in [-0.1, -0.05) is 76.6 Å². The molecular weight excluding hydrogens is 456 g/mol. The lowest BCUT2D eigenvalue weighted by atomic mass is 9.80. The first-order valence-corrected chi connectivity index (χ1v) is 10.5. The Kier molecular flexibility index (Phi) is 5.82. The Morgan fingerprint density at radius 3 is 2.10 bits per heavy atom. The van der Waals surface area contributed by atoms with Gasteiger partial charge in [0.2, 0.25) is 0 Å². The minimum absolute atomic E-state index is 0.0385. The van der Waals surface area contributed by atoms with Crippen molar-refractivity contribution in [3.8, 4) is 0 Å². The molecule has 0 fully saturated rings. The molecule has 1 aliphatic rings. The van der Waals surface area contributed by atoms with Crippen LogP contribution in [-0.2, 0) is 0 Å². The number of hydrogen-bond acceptors (Lipinski definition) is 4. The number of Topliss-reactive ketones (excluding diaryl/α,β-unsaturated/α-hetero) is 1. The Bertz CT molecular complexity index is 1200. The third kappa shape index (κ3) is 4.07. The normalized spacial score (nSPS) is 16.1. The summed E-state index contributed by atoms with van der Waals surface area (Å²) in [4.78, 5) is 25.5. The molecule has 4 rings (SSSR count). The highest BCUT2D eigenvalue weighted by molar-refractivity contribution is 9.10. The van der Waals surface area contributed by atoms with E-state index in [2.05, 4.69) is 21.2 Å². The van der Waals surface area contributed by atoms with Crippen LogP contribution in [0.25, 0.3) is 5.70 Å². The van der Waals surface area contributed by atoms with Crippen LogP contribution >= 0.6 is 15.9 Å². The highest BCUT2D eigenvalue weighted by Crippen LogP contribution is 2.42. The Labute approximate surface area is 188 Å². The monoisotopic (exact) mass is 474 g/mol. The molecule has 0 saturated carbocycles. The van der Waals surface area contributed by atoms with Crippen LogP contribution in [-0.4, -0.2) is 10.7 Å². The highest BCUT2D eigenvalue weighted by atomic mass is 79.9. The lowest BCUT2D eigenvalue weighted by Gasteiger charge is -2.28. The predicted molar refractivity (Wildman–Crippen MR) is 124 cm³/mol. The van der Waals surface area contributed by atoms with Crippen LogP contribution in [0.4, 0.5) is 0 Å². The van der Waals surface area contributed by atoms with Crippen molar-refractivity contribution in [3.05, 3.63) is 133 Å². The summed E-state index contributed by atoms with van der Waals surface area (Å²) in [6.45, 7) is 1.79. The zero-order valence-electron chi connectivity index (χ0n) is 16.7. The third-order valence-corrected chi connectivity index (χ3v) is 5.81. The largest absolute Gasteiger partial charge is 0.353 e. The standard InChI is InChI=1S/C25H19BrN2O3/c1-16-21(25(29)19-12-14-20(26)15-13-19)22(17-8-4-2-5-9-17)24(28(30)31)23(27-16)18-10-6-3-7-11-18/h2-15,22,27H,1H3. The molecular formula is C25H19BrN2O3. The quantitative estimate of drug-likeness (QED) is 0.282. The summed E-state index contributed by atoms with van der Waals surface area (Å²) in [7, 11) is 0. The number of hydrogen-bond donors (Lipinski definition) is 1. The van der Waals surface area contributed by atoms with E-state index in [0.29, 0.717) is 33.7 Å². The molecule has 0 amide bonds. The average molecular weight is 475 g/mol. The lowest BCUT2D eigenvalue weighted by Crippen LogP contribution is -2.31. The lowest BCUT2D eigenvalue weighted by molar-refractivity contribution is -0.428. The van der Waals surface area contributed by atoms with Crippen LogP contribution in [0.5, 0.6) is 0 Å². The molecule has 0 radical (unpaired) electrons. The van der Waals surface area contributed by atoms with Gasteiger partial charge in [-0.15, -0.1) is 0 Å². The maximum Gasteiger partial charge on any atom is 0.282 e. The number of rotatable bonds is 5. The summed E-state index contributed by atoms with van der Waals surface area (Å²) >= 11 is 3.38. The number of allylic oxidation sites excluding steroid dienone is 2. The number of dihydropyridines is 1. The van der Waals surface area contributed by atoms with E-state index < -0.39 is 5.92 Å². The van der Waals surface area contributed by atoms with Crippen molar-refractivity contribution in [2.75, 3.05) is 0 Å². The summed E-state index contributed by atoms with van der Waals surface area (Å²) in [5.41, 5.74) is 3.22. The van der Waals surface area contributed by atoms with E-state index in [1.165, 1.54) is 0 Å². The van der Waals surface area contributed by atoms with Crippen LogP contribution in [0.3, 0.4) is 0 Å². The minimum Gasteiger partial charge on any atom is -0.353 e. The van der Waals surface area contributed by atoms with Crippen molar-refractivity contribution in [1.29, 1.82) is 0 Å². The fraction of sp³-hybridized carbons (Fsp3) is 0.0800. The fourth-order valence-corrected chi connectivity index (χ4v) is 4.13. The summed E-state index contributed by atoms with van der Waals surface area (Å²) in [5, 5.41) is 15.5. The second-order valence-corrected chi connectivity index (χ2v) is 8.14. The smallest absolute Gasteiger partial charge is 0.282 e. The Hall–Kier alpha value is -3.51. The van der Waals surface area contributed by atoms with Crippen molar-refractivity contribution in [1.82, 2.24) is 5.32 Å². The van der Waals surface area contributed by atoms with Gasteiger partial charge < -0.3 is 5.32 Å². The maximum absolute atomic E-state index is 13.6. The van der Waals surface area contributed by atoms with Gasteiger partial charge in [0.15, 0.2) is 5.78 Å². The van der Waals surface area contributed by atoms with Gasteiger partial charge in [0, 0.05) is 26.9 Å². The van der Waals surface area contributed by atoms with Crippen molar-refractivity contribution in [3.63, 3.8) is 0 Å². The van der Waals surface area contributed by atoms with E-state index in [1.807, 2.05) is 60.7 Å². The summed E-state index contributed by atoms with van der Waals surface area (Å²) in [6, 6.07) is 25.3. The molecule has 5 nitrogen and oxygen atoms in total. The van der Waals surface area contributed by atoms with Gasteiger partial charge in [-0.05, 0) is 36.8 Å². The minimum atomic E-state index is -0.802. The van der Waals surface area contributed by atoms with Crippen LogP contribution in [0.15, 0.2) is 106 Å². The van der Waals surface area contributed by atoms with Crippen molar-refractivity contribution in [2.24, 2.45) is 0 Å². The number of halogens is 1. The molecule has 1 atom stereocenters. The number of ketones is 1. The van der Waals surface area contributed by atoms with Crippen molar-refractivity contribution in [2.45, 2.75) is 12.8 Å². The summed E-state index contributed by atoms with van der Waals surface area (Å²) < 4.78 is 0.855. The van der Waals surface area contributed by atoms with Crippen LogP contribution < -0.4 is 5.32 Å². The molecule has 0 aliphatic carbocycles. The van der Waals surface area contributed by atoms with Gasteiger partial charge in [0.1, 0.15) is 11.6 Å². The zero-order valence-corrected chi connectivity index (χ0v) is 18.3. The number of nitrogens with zero attached hydrogens (tertiary/aromatic N) is 1. The zero-order chi connectivity index (χ0) is 22.0. The number of nitro groups is 1. The first kappa shape index (κ1) is 20.8. The highest BCUT2D eigenvalue weighted by Gasteiger charge is 2.41. The van der Waals surface area contributed by atoms with Gasteiger partial charge in [-0.2, -0.15) is 0 Å². The number of benzene rings is 3. The molecule has 0 bridgehead atoms. The van der Waals surface area contributed by atoms with Crippen LogP contribution in [0.1, 0.15) is 34.3 Å². The predicted octanol–water partition coefficient (Wildman–Crippen LogP) is 5.94. The summed E-state index contributed by atoms with van der Waals surface area (Å²) in [6.07, 6.45) is 0. The van der Waals surface area contributed by atoms with E-state index in [1.54, 1.807) is 31.2 Å². The number of nitrogens with one attached hydrogen (secondary N) is 1.